The van der Waals surface area contributed by atoms with Crippen molar-refractivity contribution in [1.29, 1.82) is 0 Å². The lowest BCUT2D eigenvalue weighted by Crippen LogP contribution is -2.54. The highest BCUT2D eigenvalue weighted by molar-refractivity contribution is 6.09. The van der Waals surface area contributed by atoms with Gasteiger partial charge in [0.05, 0.1) is 6.04 Å². The molecule has 2 aliphatic rings. The predicted molar refractivity (Wildman–Crippen MR) is 117 cm³/mol. The van der Waals surface area contributed by atoms with Crippen LogP contribution < -0.4 is 10.6 Å². The lowest BCUT2D eigenvalue weighted by molar-refractivity contribution is -0.137. The van der Waals surface area contributed by atoms with Crippen molar-refractivity contribution in [2.75, 3.05) is 6.54 Å². The molecule has 1 saturated heterocycles. The van der Waals surface area contributed by atoms with Crippen LogP contribution in [0, 0.1) is 11.3 Å². The van der Waals surface area contributed by atoms with Crippen molar-refractivity contribution in [3.63, 3.8) is 0 Å². The normalized spacial score (nSPS) is 26.8. The first-order chi connectivity index (χ1) is 13.9. The topological polar surface area (TPSA) is 78.5 Å². The van der Waals surface area contributed by atoms with Crippen LogP contribution in [-0.4, -0.2) is 34.8 Å². The second-order valence-electron chi connectivity index (χ2n) is 10.4. The molecule has 3 rings (SSSR count). The van der Waals surface area contributed by atoms with Crippen LogP contribution in [0.5, 0.6) is 0 Å². The molecular weight excluding hydrogens is 378 g/mol. The van der Waals surface area contributed by atoms with Gasteiger partial charge in [0.1, 0.15) is 12.1 Å². The number of carbonyl (C=O) groups is 3. The number of hydrogen-bond acceptors (Lipinski definition) is 3. The van der Waals surface area contributed by atoms with Gasteiger partial charge in [-0.1, -0.05) is 58.9 Å². The van der Waals surface area contributed by atoms with E-state index in [1.165, 1.54) is 5.56 Å². The third-order valence-corrected chi connectivity index (χ3v) is 6.41. The number of amides is 4. The molecule has 1 aromatic carbocycles. The molecule has 1 aliphatic carbocycles. The molecule has 0 unspecified atom stereocenters. The Morgan fingerprint density at radius 3 is 2.30 bits per heavy atom. The zero-order valence-corrected chi connectivity index (χ0v) is 19.0. The molecule has 4 amide bonds. The van der Waals surface area contributed by atoms with Crippen LogP contribution in [0.2, 0.25) is 0 Å². The number of nitrogens with zero attached hydrogens (tertiary/aromatic N) is 1. The van der Waals surface area contributed by atoms with Gasteiger partial charge in [0.2, 0.25) is 5.91 Å². The van der Waals surface area contributed by atoms with E-state index in [1.807, 2.05) is 19.1 Å². The Morgan fingerprint density at radius 1 is 1.13 bits per heavy atom. The molecule has 0 aromatic heterocycles. The van der Waals surface area contributed by atoms with Crippen LogP contribution >= 0.6 is 0 Å². The van der Waals surface area contributed by atoms with E-state index in [2.05, 4.69) is 57.4 Å². The van der Waals surface area contributed by atoms with E-state index < -0.39 is 11.6 Å². The maximum atomic E-state index is 13.2. The number of hydrogen-bond donors (Lipinski definition) is 2. The van der Waals surface area contributed by atoms with Gasteiger partial charge in [0.25, 0.3) is 5.91 Å². The third kappa shape index (κ3) is 4.52. The largest absolute Gasteiger partial charge is 0.348 e. The van der Waals surface area contributed by atoms with Crippen LogP contribution in [0.4, 0.5) is 4.79 Å². The predicted octanol–water partition coefficient (Wildman–Crippen LogP) is 4.12. The van der Waals surface area contributed by atoms with Crippen molar-refractivity contribution in [3.8, 4) is 0 Å². The minimum absolute atomic E-state index is 0.0322. The Kier molecular flexibility index (Phi) is 5.99. The van der Waals surface area contributed by atoms with Gasteiger partial charge in [0.15, 0.2) is 0 Å². The lowest BCUT2D eigenvalue weighted by Gasteiger charge is -2.43. The Bertz CT molecular complexity index is 831. The van der Waals surface area contributed by atoms with Crippen molar-refractivity contribution in [2.45, 2.75) is 78.3 Å². The van der Waals surface area contributed by atoms with E-state index in [0.717, 1.165) is 16.9 Å². The van der Waals surface area contributed by atoms with E-state index in [-0.39, 0.29) is 29.8 Å². The van der Waals surface area contributed by atoms with Crippen LogP contribution in [0.1, 0.15) is 83.9 Å². The van der Waals surface area contributed by atoms with E-state index in [9.17, 15) is 14.4 Å². The summed E-state index contributed by atoms with van der Waals surface area (Å²) in [7, 11) is 0. The maximum Gasteiger partial charge on any atom is 0.325 e. The summed E-state index contributed by atoms with van der Waals surface area (Å²) in [6.45, 7) is 12.3. The third-order valence-electron chi connectivity index (χ3n) is 6.41. The van der Waals surface area contributed by atoms with Crippen LogP contribution in [0.15, 0.2) is 24.3 Å². The summed E-state index contributed by atoms with van der Waals surface area (Å²) in [5.41, 5.74) is 1.32. The molecule has 164 valence electrons. The van der Waals surface area contributed by atoms with Gasteiger partial charge in [-0.3, -0.25) is 14.5 Å². The second kappa shape index (κ2) is 8.05. The second-order valence-corrected chi connectivity index (χ2v) is 10.4. The van der Waals surface area contributed by atoms with Gasteiger partial charge < -0.3 is 10.6 Å². The molecule has 1 spiro atoms. The fourth-order valence-corrected chi connectivity index (χ4v) is 5.33. The molecule has 6 heteroatoms. The summed E-state index contributed by atoms with van der Waals surface area (Å²) < 4.78 is 0. The van der Waals surface area contributed by atoms with Gasteiger partial charge in [-0.05, 0) is 54.6 Å². The molecule has 1 heterocycles. The highest BCUT2D eigenvalue weighted by atomic mass is 16.2. The van der Waals surface area contributed by atoms with Crippen molar-refractivity contribution in [3.05, 3.63) is 35.4 Å². The molecule has 3 atom stereocenters. The molecule has 1 saturated carbocycles. The average molecular weight is 414 g/mol. The van der Waals surface area contributed by atoms with Crippen molar-refractivity contribution in [2.24, 2.45) is 11.3 Å². The molecule has 0 radical (unpaired) electrons. The van der Waals surface area contributed by atoms with Gasteiger partial charge in [-0.15, -0.1) is 0 Å². The zero-order chi connectivity index (χ0) is 22.3. The molecule has 30 heavy (non-hydrogen) atoms. The zero-order valence-electron chi connectivity index (χ0n) is 19.0. The fraction of sp³-hybridized carbons (Fsp3) is 0.625. The highest BCUT2D eigenvalue weighted by Crippen LogP contribution is 2.46. The molecule has 1 aromatic rings. The van der Waals surface area contributed by atoms with Gasteiger partial charge in [-0.25, -0.2) is 4.79 Å². The van der Waals surface area contributed by atoms with Gasteiger partial charge >= 0.3 is 6.03 Å². The molecule has 2 fully saturated rings. The summed E-state index contributed by atoms with van der Waals surface area (Å²) in [4.78, 5) is 39.5. The van der Waals surface area contributed by atoms with Crippen LogP contribution in [0.3, 0.4) is 0 Å². The number of imide groups is 1. The summed E-state index contributed by atoms with van der Waals surface area (Å²) in [5.74, 6) is 0.180. The summed E-state index contributed by atoms with van der Waals surface area (Å²) >= 11 is 0. The molecular formula is C24H35N3O3. The monoisotopic (exact) mass is 413 g/mol. The fourth-order valence-electron chi connectivity index (χ4n) is 5.33. The maximum absolute atomic E-state index is 13.2. The van der Waals surface area contributed by atoms with E-state index >= 15 is 0 Å². The average Bonchev–Trinajstić information content (AvgIpc) is 2.83. The van der Waals surface area contributed by atoms with Crippen molar-refractivity contribution < 1.29 is 14.4 Å². The number of benzene rings is 1. The molecule has 1 aliphatic heterocycles. The first-order valence-electron chi connectivity index (χ1n) is 11.0. The SMILES string of the molecule is CC(C)c1ccc([C@@H](C)NC(=O)CN2C(=O)N[C@]3(C[C@H](C)CC(C)(C)C3)C2=O)cc1. The number of nitrogens with one attached hydrogen (secondary N) is 2. The standard InChI is InChI=1S/C24H35N3O3/c1-15(2)18-7-9-19(10-8-18)17(4)25-20(28)13-27-21(29)24(26-22(27)30)12-16(3)11-23(5,6)14-24/h7-10,15-17H,11-14H2,1-6H3,(H,25,28)(H,26,30)/t16-,17-,24+/m1/s1. The minimum Gasteiger partial charge on any atom is -0.348 e. The highest BCUT2D eigenvalue weighted by Gasteiger charge is 2.56. The Morgan fingerprint density at radius 2 is 1.73 bits per heavy atom. The first-order valence-corrected chi connectivity index (χ1v) is 11.0. The lowest BCUT2D eigenvalue weighted by atomic mass is 9.64. The molecule has 2 N–H and O–H groups in total. The Balaban J connectivity index is 1.65. The number of rotatable bonds is 5. The van der Waals surface area contributed by atoms with E-state index in [0.29, 0.717) is 24.7 Å². The Hall–Kier alpha value is -2.37. The quantitative estimate of drug-likeness (QED) is 0.713. The Labute approximate surface area is 179 Å². The number of urea groups is 1. The summed E-state index contributed by atoms with van der Waals surface area (Å²) in [5, 5.41) is 5.84. The van der Waals surface area contributed by atoms with Crippen LogP contribution in [-0.2, 0) is 9.59 Å². The van der Waals surface area contributed by atoms with Crippen molar-refractivity contribution >= 4 is 17.8 Å². The minimum atomic E-state index is -0.878. The number of carbonyl (C=O) groups excluding carboxylic acids is 3. The summed E-state index contributed by atoms with van der Waals surface area (Å²) in [6.07, 6.45) is 2.24. The van der Waals surface area contributed by atoms with Crippen LogP contribution in [0.25, 0.3) is 0 Å². The molecule has 0 bridgehead atoms. The smallest absolute Gasteiger partial charge is 0.325 e. The summed E-state index contributed by atoms with van der Waals surface area (Å²) in [6, 6.07) is 7.48. The van der Waals surface area contributed by atoms with E-state index in [4.69, 9.17) is 0 Å². The van der Waals surface area contributed by atoms with Gasteiger partial charge in [0, 0.05) is 0 Å². The van der Waals surface area contributed by atoms with E-state index in [1.54, 1.807) is 0 Å². The van der Waals surface area contributed by atoms with Crippen molar-refractivity contribution in [1.82, 2.24) is 15.5 Å². The first kappa shape index (κ1) is 22.3. The molecule has 6 nitrogen and oxygen atoms in total. The van der Waals surface area contributed by atoms with Gasteiger partial charge in [-0.2, -0.15) is 0 Å².